The van der Waals surface area contributed by atoms with Crippen LogP contribution >= 0.6 is 22.9 Å². The van der Waals surface area contributed by atoms with Crippen molar-refractivity contribution in [1.29, 1.82) is 5.26 Å². The molecule has 1 heterocycles. The van der Waals surface area contributed by atoms with Gasteiger partial charge < -0.3 is 5.32 Å². The number of benzene rings is 1. The van der Waals surface area contributed by atoms with Crippen molar-refractivity contribution in [3.05, 3.63) is 45.3 Å². The molecule has 1 aromatic heterocycles. The molecule has 8 heteroatoms. The molecule has 0 atom stereocenters. The van der Waals surface area contributed by atoms with Crippen molar-refractivity contribution in [3.8, 4) is 6.07 Å². The maximum Gasteiger partial charge on any atom is 0.225 e. The van der Waals surface area contributed by atoms with Gasteiger partial charge in [-0.05, 0) is 50.1 Å². The molecular formula is C17H17ClN2O3S2. The van der Waals surface area contributed by atoms with Crippen LogP contribution in [0.25, 0.3) is 0 Å². The van der Waals surface area contributed by atoms with Crippen molar-refractivity contribution < 1.29 is 13.2 Å². The lowest BCUT2D eigenvalue weighted by molar-refractivity contribution is -0.116. The second-order valence-electron chi connectivity index (χ2n) is 5.52. The summed E-state index contributed by atoms with van der Waals surface area (Å²) in [7, 11) is -3.45. The molecule has 2 aromatic rings. The third kappa shape index (κ3) is 4.82. The fourth-order valence-corrected chi connectivity index (χ4v) is 4.69. The standard InChI is InChI=1S/C17H17ClN2O3S2/c1-11-12(2)24-17(15(11)10-19)20-16(21)4-3-9-25(22,23)14-7-5-13(18)6-8-14/h5-8H,3-4,9H2,1-2H3,(H,20,21). The van der Waals surface area contributed by atoms with Crippen molar-refractivity contribution >= 4 is 43.7 Å². The number of carbonyl (C=O) groups excluding carboxylic acids is 1. The molecule has 0 unspecified atom stereocenters. The van der Waals surface area contributed by atoms with Gasteiger partial charge in [0.2, 0.25) is 5.91 Å². The Kier molecular flexibility index (Phi) is 6.22. The normalized spacial score (nSPS) is 11.1. The smallest absolute Gasteiger partial charge is 0.225 e. The van der Waals surface area contributed by atoms with E-state index in [9.17, 15) is 18.5 Å². The van der Waals surface area contributed by atoms with E-state index in [4.69, 9.17) is 11.6 Å². The van der Waals surface area contributed by atoms with E-state index >= 15 is 0 Å². The number of amides is 1. The molecule has 1 amide bonds. The predicted octanol–water partition coefficient (Wildman–Crippen LogP) is 4.08. The molecule has 0 bridgehead atoms. The third-order valence-electron chi connectivity index (χ3n) is 3.74. The highest BCUT2D eigenvalue weighted by molar-refractivity contribution is 7.91. The van der Waals surface area contributed by atoms with Gasteiger partial charge in [-0.25, -0.2) is 8.42 Å². The summed E-state index contributed by atoms with van der Waals surface area (Å²) >= 11 is 7.10. The van der Waals surface area contributed by atoms with Gasteiger partial charge >= 0.3 is 0 Å². The zero-order valence-electron chi connectivity index (χ0n) is 13.8. The SMILES string of the molecule is Cc1sc(NC(=O)CCCS(=O)(=O)c2ccc(Cl)cc2)c(C#N)c1C. The minimum Gasteiger partial charge on any atom is -0.317 e. The zero-order chi connectivity index (χ0) is 18.6. The summed E-state index contributed by atoms with van der Waals surface area (Å²) in [5, 5.41) is 12.9. The Bertz CT molecular complexity index is 926. The number of nitriles is 1. The molecular weight excluding hydrogens is 380 g/mol. The third-order valence-corrected chi connectivity index (χ3v) is 6.93. The van der Waals surface area contributed by atoms with Crippen LogP contribution in [0.3, 0.4) is 0 Å². The summed E-state index contributed by atoms with van der Waals surface area (Å²) in [6, 6.07) is 8.03. The maximum absolute atomic E-state index is 12.2. The molecule has 0 spiro atoms. The van der Waals surface area contributed by atoms with Crippen molar-refractivity contribution in [3.63, 3.8) is 0 Å². The number of sulfone groups is 1. The molecule has 25 heavy (non-hydrogen) atoms. The molecule has 0 aliphatic carbocycles. The highest BCUT2D eigenvalue weighted by atomic mass is 35.5. The first-order valence-corrected chi connectivity index (χ1v) is 10.4. The van der Waals surface area contributed by atoms with Crippen LogP contribution in [-0.2, 0) is 14.6 Å². The largest absolute Gasteiger partial charge is 0.317 e. The molecule has 0 aliphatic rings. The quantitative estimate of drug-likeness (QED) is 0.796. The summed E-state index contributed by atoms with van der Waals surface area (Å²) in [5.74, 6) is -0.431. The lowest BCUT2D eigenvalue weighted by Gasteiger charge is -2.06. The van der Waals surface area contributed by atoms with Gasteiger partial charge in [-0.2, -0.15) is 5.26 Å². The monoisotopic (exact) mass is 396 g/mol. The van der Waals surface area contributed by atoms with E-state index in [1.54, 1.807) is 0 Å². The molecule has 0 radical (unpaired) electrons. The molecule has 5 nitrogen and oxygen atoms in total. The van der Waals surface area contributed by atoms with Crippen LogP contribution in [0.5, 0.6) is 0 Å². The van der Waals surface area contributed by atoms with Crippen LogP contribution in [0, 0.1) is 25.2 Å². The van der Waals surface area contributed by atoms with E-state index < -0.39 is 9.84 Å². The number of carbonyl (C=O) groups is 1. The van der Waals surface area contributed by atoms with E-state index in [2.05, 4.69) is 11.4 Å². The molecule has 1 aromatic carbocycles. The van der Waals surface area contributed by atoms with Gasteiger partial charge in [-0.3, -0.25) is 4.79 Å². The minimum absolute atomic E-state index is 0.0632. The summed E-state index contributed by atoms with van der Waals surface area (Å²) in [6.45, 7) is 3.72. The van der Waals surface area contributed by atoms with Crippen molar-refractivity contribution in [2.24, 2.45) is 0 Å². The highest BCUT2D eigenvalue weighted by Gasteiger charge is 2.17. The van der Waals surface area contributed by atoms with Crippen molar-refractivity contribution in [1.82, 2.24) is 0 Å². The summed E-state index contributed by atoms with van der Waals surface area (Å²) in [4.78, 5) is 13.2. The van der Waals surface area contributed by atoms with E-state index in [-0.39, 0.29) is 29.4 Å². The number of anilines is 1. The number of hydrogen-bond acceptors (Lipinski definition) is 5. The Morgan fingerprint density at radius 1 is 1.28 bits per heavy atom. The fourth-order valence-electron chi connectivity index (χ4n) is 2.22. The van der Waals surface area contributed by atoms with Crippen LogP contribution in [-0.4, -0.2) is 20.1 Å². The first-order chi connectivity index (χ1) is 11.7. The van der Waals surface area contributed by atoms with Crippen molar-refractivity contribution in [2.45, 2.75) is 31.6 Å². The number of nitrogens with one attached hydrogen (secondary N) is 1. The van der Waals surface area contributed by atoms with Crippen LogP contribution in [0.1, 0.15) is 28.8 Å². The number of hydrogen-bond donors (Lipinski definition) is 1. The van der Waals surface area contributed by atoms with E-state index in [0.29, 0.717) is 15.6 Å². The topological polar surface area (TPSA) is 87.0 Å². The van der Waals surface area contributed by atoms with Gasteiger partial charge in [0, 0.05) is 16.3 Å². The lowest BCUT2D eigenvalue weighted by Crippen LogP contribution is -2.14. The lowest BCUT2D eigenvalue weighted by atomic mass is 10.2. The van der Waals surface area contributed by atoms with Crippen LogP contribution in [0.2, 0.25) is 5.02 Å². The highest BCUT2D eigenvalue weighted by Crippen LogP contribution is 2.31. The zero-order valence-corrected chi connectivity index (χ0v) is 16.2. The number of aryl methyl sites for hydroxylation is 1. The van der Waals surface area contributed by atoms with Gasteiger partial charge in [0.05, 0.1) is 16.2 Å². The summed E-state index contributed by atoms with van der Waals surface area (Å²) in [5.41, 5.74) is 1.32. The first kappa shape index (κ1) is 19.4. The van der Waals surface area contributed by atoms with Crippen molar-refractivity contribution in [2.75, 3.05) is 11.1 Å². The van der Waals surface area contributed by atoms with E-state index in [1.807, 2.05) is 13.8 Å². The maximum atomic E-state index is 12.2. The second kappa shape index (κ2) is 8.00. The van der Waals surface area contributed by atoms with E-state index in [0.717, 1.165) is 10.4 Å². The average molecular weight is 397 g/mol. The number of halogens is 1. The van der Waals surface area contributed by atoms with Crippen LogP contribution in [0.15, 0.2) is 29.2 Å². The van der Waals surface area contributed by atoms with Crippen LogP contribution in [0.4, 0.5) is 5.00 Å². The van der Waals surface area contributed by atoms with E-state index in [1.165, 1.54) is 35.6 Å². The average Bonchev–Trinajstić information content (AvgIpc) is 2.81. The Labute approximate surface area is 156 Å². The fraction of sp³-hybridized carbons (Fsp3) is 0.294. The van der Waals surface area contributed by atoms with Gasteiger partial charge in [0.25, 0.3) is 0 Å². The van der Waals surface area contributed by atoms with Gasteiger partial charge in [0.1, 0.15) is 11.1 Å². The van der Waals surface area contributed by atoms with Gasteiger partial charge in [0.15, 0.2) is 9.84 Å². The molecule has 0 saturated heterocycles. The summed E-state index contributed by atoms with van der Waals surface area (Å²) in [6.07, 6.45) is 0.260. The number of nitrogens with zero attached hydrogens (tertiary/aromatic N) is 1. The first-order valence-electron chi connectivity index (χ1n) is 7.53. The Hall–Kier alpha value is -1.88. The predicted molar refractivity (Wildman–Crippen MR) is 99.9 cm³/mol. The molecule has 0 fully saturated rings. The number of rotatable bonds is 6. The Morgan fingerprint density at radius 3 is 2.52 bits per heavy atom. The molecule has 132 valence electrons. The number of thiophene rings is 1. The minimum atomic E-state index is -3.45. The molecule has 0 saturated carbocycles. The summed E-state index contributed by atoms with van der Waals surface area (Å²) < 4.78 is 24.4. The van der Waals surface area contributed by atoms with Gasteiger partial charge in [-0.1, -0.05) is 11.6 Å². The molecule has 0 aliphatic heterocycles. The molecule has 1 N–H and O–H groups in total. The Balaban J connectivity index is 1.94. The molecule has 2 rings (SSSR count). The van der Waals surface area contributed by atoms with Gasteiger partial charge in [-0.15, -0.1) is 11.3 Å². The van der Waals surface area contributed by atoms with Crippen LogP contribution < -0.4 is 5.32 Å². The Morgan fingerprint density at radius 2 is 1.92 bits per heavy atom. The second-order valence-corrected chi connectivity index (χ2v) is 9.29.